The van der Waals surface area contributed by atoms with Gasteiger partial charge in [-0.25, -0.2) is 13.6 Å². The quantitative estimate of drug-likeness (QED) is 0.843. The van der Waals surface area contributed by atoms with Crippen LogP contribution >= 0.6 is 23.2 Å². The van der Waals surface area contributed by atoms with Crippen LogP contribution in [0.3, 0.4) is 0 Å². The first kappa shape index (κ1) is 17.7. The van der Waals surface area contributed by atoms with Gasteiger partial charge in [0, 0.05) is 6.42 Å². The van der Waals surface area contributed by atoms with Crippen molar-refractivity contribution in [3.8, 4) is 0 Å². The molecule has 0 radical (unpaired) electrons. The molecule has 23 heavy (non-hydrogen) atoms. The number of hydrogen-bond donors (Lipinski definition) is 2. The lowest BCUT2D eigenvalue weighted by atomic mass is 10.1. The van der Waals surface area contributed by atoms with E-state index in [2.05, 4.69) is 5.32 Å². The Kier molecular flexibility index (Phi) is 5.64. The monoisotopic (exact) mass is 372 g/mol. The van der Waals surface area contributed by atoms with Gasteiger partial charge in [0.05, 0.1) is 20.6 Å². The number of halogens is 2. The van der Waals surface area contributed by atoms with Gasteiger partial charge in [-0.15, -0.1) is 0 Å². The van der Waals surface area contributed by atoms with Crippen molar-refractivity contribution < 1.29 is 13.2 Å². The lowest BCUT2D eigenvalue weighted by Crippen LogP contribution is -2.13. The molecule has 8 heteroatoms. The normalized spacial score (nSPS) is 11.3. The van der Waals surface area contributed by atoms with E-state index in [0.717, 1.165) is 5.56 Å². The predicted octanol–water partition coefficient (Wildman–Crippen LogP) is 3.21. The largest absolute Gasteiger partial charge is 0.324 e. The minimum absolute atomic E-state index is 0.0357. The first-order valence-electron chi connectivity index (χ1n) is 6.63. The molecular weight excluding hydrogens is 359 g/mol. The first-order valence-corrected chi connectivity index (χ1v) is 8.93. The highest BCUT2D eigenvalue weighted by atomic mass is 35.5. The van der Waals surface area contributed by atoms with Gasteiger partial charge in [0.15, 0.2) is 0 Å². The molecule has 2 aromatic carbocycles. The summed E-state index contributed by atoms with van der Waals surface area (Å²) in [6.45, 7) is 0. The molecule has 1 amide bonds. The number of sulfonamides is 1. The van der Waals surface area contributed by atoms with Gasteiger partial charge in [-0.3, -0.25) is 4.79 Å². The highest BCUT2D eigenvalue weighted by molar-refractivity contribution is 7.89. The maximum absolute atomic E-state index is 12.0. The van der Waals surface area contributed by atoms with Gasteiger partial charge in [0.25, 0.3) is 0 Å². The van der Waals surface area contributed by atoms with Crippen LogP contribution in [0.25, 0.3) is 0 Å². The second-order valence-corrected chi connectivity index (χ2v) is 7.21. The number of aryl methyl sites for hydroxylation is 1. The Balaban J connectivity index is 1.97. The number of hydrogen-bond acceptors (Lipinski definition) is 3. The maximum atomic E-state index is 12.0. The molecule has 0 aliphatic carbocycles. The number of carbonyl (C=O) groups excluding carboxylic acids is 1. The molecule has 5 nitrogen and oxygen atoms in total. The Morgan fingerprint density at radius 2 is 1.61 bits per heavy atom. The Morgan fingerprint density at radius 1 is 1.04 bits per heavy atom. The Labute approximate surface area is 144 Å². The molecular formula is C15H14Cl2N2O3S. The lowest BCUT2D eigenvalue weighted by molar-refractivity contribution is -0.116. The zero-order chi connectivity index (χ0) is 17.0. The van der Waals surface area contributed by atoms with Gasteiger partial charge in [-0.05, 0) is 36.2 Å². The minimum atomic E-state index is -3.71. The molecule has 0 saturated carbocycles. The zero-order valence-corrected chi connectivity index (χ0v) is 14.3. The summed E-state index contributed by atoms with van der Waals surface area (Å²) in [5.74, 6) is -0.240. The van der Waals surface area contributed by atoms with Crippen LogP contribution < -0.4 is 10.5 Å². The van der Waals surface area contributed by atoms with E-state index in [-0.39, 0.29) is 17.2 Å². The van der Waals surface area contributed by atoms with E-state index in [1.54, 1.807) is 30.3 Å². The molecule has 3 N–H and O–H groups in total. The van der Waals surface area contributed by atoms with Gasteiger partial charge >= 0.3 is 0 Å². The zero-order valence-electron chi connectivity index (χ0n) is 11.9. The number of primary sulfonamides is 1. The van der Waals surface area contributed by atoms with E-state index >= 15 is 0 Å². The average Bonchev–Trinajstić information content (AvgIpc) is 2.48. The van der Waals surface area contributed by atoms with Crippen LogP contribution in [0, 0.1) is 0 Å². The number of amides is 1. The summed E-state index contributed by atoms with van der Waals surface area (Å²) in [5.41, 5.74) is 1.20. The minimum Gasteiger partial charge on any atom is -0.324 e. The number of rotatable bonds is 5. The molecule has 0 heterocycles. The summed E-state index contributed by atoms with van der Waals surface area (Å²) in [5, 5.41) is 8.42. The van der Waals surface area contributed by atoms with E-state index in [4.69, 9.17) is 28.3 Å². The Bertz CT molecular complexity index is 801. The van der Waals surface area contributed by atoms with Crippen LogP contribution in [-0.4, -0.2) is 14.3 Å². The van der Waals surface area contributed by atoms with E-state index in [1.807, 2.05) is 0 Å². The van der Waals surface area contributed by atoms with Crippen LogP contribution in [0.4, 0.5) is 5.69 Å². The molecule has 0 bridgehead atoms. The third-order valence-corrected chi connectivity index (χ3v) is 4.68. The fourth-order valence-corrected chi connectivity index (χ4v) is 2.93. The predicted molar refractivity (Wildman–Crippen MR) is 91.2 cm³/mol. The highest BCUT2D eigenvalue weighted by Gasteiger charge is 2.10. The molecule has 0 aromatic heterocycles. The van der Waals surface area contributed by atoms with Crippen molar-refractivity contribution in [3.63, 3.8) is 0 Å². The summed E-state index contributed by atoms with van der Waals surface area (Å²) in [4.78, 5) is 12.0. The average molecular weight is 373 g/mol. The van der Waals surface area contributed by atoms with Gasteiger partial charge in [-0.2, -0.15) is 0 Å². The number of anilines is 1. The van der Waals surface area contributed by atoms with Gasteiger partial charge in [-0.1, -0.05) is 41.4 Å². The third kappa shape index (κ3) is 4.94. The van der Waals surface area contributed by atoms with Crippen molar-refractivity contribution in [3.05, 3.63) is 58.1 Å². The molecule has 0 unspecified atom stereocenters. The first-order chi connectivity index (χ1) is 10.8. The van der Waals surface area contributed by atoms with Crippen molar-refractivity contribution in [2.24, 2.45) is 5.14 Å². The van der Waals surface area contributed by atoms with Gasteiger partial charge in [0.1, 0.15) is 0 Å². The van der Waals surface area contributed by atoms with Crippen molar-refractivity contribution >= 4 is 44.8 Å². The number of carbonyl (C=O) groups is 1. The summed E-state index contributed by atoms with van der Waals surface area (Å²) in [6.07, 6.45) is 0.648. The van der Waals surface area contributed by atoms with Crippen LogP contribution in [0.5, 0.6) is 0 Å². The van der Waals surface area contributed by atoms with Crippen LogP contribution in [0.15, 0.2) is 47.4 Å². The Hall–Kier alpha value is -1.60. The van der Waals surface area contributed by atoms with Crippen LogP contribution in [-0.2, 0) is 21.2 Å². The number of benzene rings is 2. The smallest absolute Gasteiger partial charge is 0.238 e. The van der Waals surface area contributed by atoms with Crippen molar-refractivity contribution in [2.75, 3.05) is 5.32 Å². The van der Waals surface area contributed by atoms with Gasteiger partial charge < -0.3 is 5.32 Å². The molecule has 122 valence electrons. The fraction of sp³-hybridized carbons (Fsp3) is 0.133. The second-order valence-electron chi connectivity index (χ2n) is 4.83. The highest BCUT2D eigenvalue weighted by Crippen LogP contribution is 2.29. The molecule has 0 atom stereocenters. The summed E-state index contributed by atoms with van der Waals surface area (Å²) >= 11 is 12.0. The van der Waals surface area contributed by atoms with E-state index in [1.165, 1.54) is 12.1 Å². The molecule has 0 saturated heterocycles. The third-order valence-electron chi connectivity index (χ3n) is 3.12. The van der Waals surface area contributed by atoms with E-state index in [0.29, 0.717) is 22.2 Å². The van der Waals surface area contributed by atoms with Crippen LogP contribution in [0.2, 0.25) is 10.0 Å². The van der Waals surface area contributed by atoms with Gasteiger partial charge in [0.2, 0.25) is 15.9 Å². The lowest BCUT2D eigenvalue weighted by Gasteiger charge is -2.09. The summed E-state index contributed by atoms with van der Waals surface area (Å²) in [7, 11) is -3.71. The molecule has 0 fully saturated rings. The van der Waals surface area contributed by atoms with Crippen molar-refractivity contribution in [2.45, 2.75) is 17.7 Å². The molecule has 0 spiro atoms. The fourth-order valence-electron chi connectivity index (χ4n) is 1.92. The van der Waals surface area contributed by atoms with Crippen molar-refractivity contribution in [1.82, 2.24) is 0 Å². The molecule has 0 aliphatic rings. The second kappa shape index (κ2) is 7.31. The maximum Gasteiger partial charge on any atom is 0.238 e. The summed E-state index contributed by atoms with van der Waals surface area (Å²) < 4.78 is 22.3. The van der Waals surface area contributed by atoms with Crippen molar-refractivity contribution in [1.29, 1.82) is 0 Å². The van der Waals surface area contributed by atoms with E-state index < -0.39 is 10.0 Å². The molecule has 2 aromatic rings. The topological polar surface area (TPSA) is 89.3 Å². The molecule has 2 rings (SSSR count). The van der Waals surface area contributed by atoms with Crippen LogP contribution in [0.1, 0.15) is 12.0 Å². The Morgan fingerprint density at radius 3 is 2.13 bits per heavy atom. The van der Waals surface area contributed by atoms with E-state index in [9.17, 15) is 13.2 Å². The number of nitrogens with one attached hydrogen (secondary N) is 1. The number of nitrogens with two attached hydrogens (primary N) is 1. The molecule has 0 aliphatic heterocycles. The standard InChI is InChI=1S/C15H14Cl2N2O3S/c16-12-2-1-3-13(17)15(12)19-14(20)9-6-10-4-7-11(8-5-10)23(18,21)22/h1-5,7-8H,6,9H2,(H,19,20)(H2,18,21,22). The SMILES string of the molecule is NS(=O)(=O)c1ccc(CCC(=O)Nc2c(Cl)cccc2Cl)cc1. The summed E-state index contributed by atoms with van der Waals surface area (Å²) in [6, 6.07) is 11.0. The number of para-hydroxylation sites is 1.